The molecule has 0 aliphatic carbocycles. The summed E-state index contributed by atoms with van der Waals surface area (Å²) in [6, 6.07) is 15.4. The number of primary amides is 1. The number of halogens is 4. The normalized spacial score (nSPS) is 12.9. The molecule has 1 aliphatic heterocycles. The molecular formula is C30H23BrF3N4O2+. The molecule has 2 amide bonds. The standard InChI is InChI=1S/C30H22BrF3N4O2/c31-19-4-6-26-23(13-19)18(15-37-26)12-28(39)38-27(10-16-8-20(32)14-21(33)9-16)29-22(2-1-7-36-29)17-3-5-25(34)24(11-17)30(35)40/h1-9,11,13-15,27,37H,10,12H2,(H2,35,40)(H,38,39)/p+1/t27-/m0/s1. The Labute approximate surface area is 236 Å². The molecule has 10 heteroatoms. The van der Waals surface area contributed by atoms with Crippen molar-refractivity contribution in [3.05, 3.63) is 123 Å². The minimum absolute atomic E-state index is 0.0155. The second kappa shape index (κ2) is 11.4. The quantitative estimate of drug-likeness (QED) is 0.244. The molecule has 202 valence electrons. The molecular weight excluding hydrogens is 585 g/mol. The first-order valence-corrected chi connectivity index (χ1v) is 13.1. The lowest BCUT2D eigenvalue weighted by molar-refractivity contribution is -0.491. The summed E-state index contributed by atoms with van der Waals surface area (Å²) in [5, 5.41) is 4.90. The monoisotopic (exact) mass is 607 g/mol. The van der Waals surface area contributed by atoms with E-state index in [9.17, 15) is 22.8 Å². The number of benzene rings is 3. The molecule has 0 saturated heterocycles. The van der Waals surface area contributed by atoms with E-state index < -0.39 is 29.4 Å². The van der Waals surface area contributed by atoms with Gasteiger partial charge in [-0.05, 0) is 60.0 Å². The number of rotatable bonds is 8. The fraction of sp³-hybridized carbons (Fsp3) is 0.100. The van der Waals surface area contributed by atoms with Gasteiger partial charge in [0.05, 0.1) is 23.7 Å². The summed E-state index contributed by atoms with van der Waals surface area (Å²) in [6.07, 6.45) is 3.47. The number of nitrogens with zero attached hydrogens (tertiary/aromatic N) is 1. The number of pyridine rings is 1. The van der Waals surface area contributed by atoms with Gasteiger partial charge >= 0.3 is 0 Å². The lowest BCUT2D eigenvalue weighted by atomic mass is 9.94. The maximum absolute atomic E-state index is 14.2. The van der Waals surface area contributed by atoms with Crippen LogP contribution in [0.4, 0.5) is 18.9 Å². The number of amides is 2. The molecule has 1 atom stereocenters. The summed E-state index contributed by atoms with van der Waals surface area (Å²) < 4.78 is 43.2. The number of aromatic nitrogens is 1. The molecule has 0 unspecified atom stereocenters. The Bertz CT molecular complexity index is 1650. The predicted octanol–water partition coefficient (Wildman–Crippen LogP) is 5.07. The largest absolute Gasteiger partial charge is 0.366 e. The van der Waals surface area contributed by atoms with Gasteiger partial charge in [-0.1, -0.05) is 28.1 Å². The van der Waals surface area contributed by atoms with Crippen molar-refractivity contribution < 1.29 is 28.1 Å². The fourth-order valence-corrected chi connectivity index (χ4v) is 5.17. The summed E-state index contributed by atoms with van der Waals surface area (Å²) >= 11 is 3.46. The van der Waals surface area contributed by atoms with Gasteiger partial charge in [0.25, 0.3) is 5.91 Å². The molecule has 6 nitrogen and oxygen atoms in total. The number of carbonyl (C=O) groups is 2. The van der Waals surface area contributed by atoms with E-state index in [1.54, 1.807) is 12.1 Å². The Morgan fingerprint density at radius 2 is 1.75 bits per heavy atom. The third-order valence-electron chi connectivity index (χ3n) is 6.59. The van der Waals surface area contributed by atoms with E-state index in [-0.39, 0.29) is 24.3 Å². The van der Waals surface area contributed by atoms with Crippen LogP contribution >= 0.6 is 15.9 Å². The Morgan fingerprint density at radius 1 is 0.975 bits per heavy atom. The van der Waals surface area contributed by atoms with Crippen LogP contribution in [0.25, 0.3) is 16.7 Å². The van der Waals surface area contributed by atoms with Crippen molar-refractivity contribution in [2.24, 2.45) is 5.73 Å². The number of hydrogen-bond donors (Lipinski definition) is 3. The van der Waals surface area contributed by atoms with E-state index in [1.807, 2.05) is 29.7 Å². The zero-order chi connectivity index (χ0) is 28.4. The molecule has 0 spiro atoms. The third kappa shape index (κ3) is 5.98. The zero-order valence-electron chi connectivity index (χ0n) is 20.9. The van der Waals surface area contributed by atoms with E-state index in [2.05, 4.69) is 26.2 Å². The van der Waals surface area contributed by atoms with Gasteiger partial charge < -0.3 is 11.1 Å². The number of carbonyl (C=O) groups excluding carboxylic acids is 2. The third-order valence-corrected chi connectivity index (χ3v) is 7.08. The minimum Gasteiger partial charge on any atom is -0.366 e. The van der Waals surface area contributed by atoms with Gasteiger partial charge in [-0.3, -0.25) is 19.9 Å². The molecule has 2 heterocycles. The van der Waals surface area contributed by atoms with E-state index in [1.165, 1.54) is 30.5 Å². The summed E-state index contributed by atoms with van der Waals surface area (Å²) in [6.45, 7) is 0. The highest BCUT2D eigenvalue weighted by Crippen LogP contribution is 2.32. The SMILES string of the molecule is NC(=O)c1cc(-c2cccnc2[C@H](Cc2cc(F)cc(F)c2)NC(=O)CC2=C[NH2+]c3ccc(Br)cc32)ccc1F. The van der Waals surface area contributed by atoms with Crippen LogP contribution < -0.4 is 16.4 Å². The molecule has 1 aliphatic rings. The highest BCUT2D eigenvalue weighted by molar-refractivity contribution is 9.10. The van der Waals surface area contributed by atoms with Gasteiger partial charge in [0.2, 0.25) is 5.91 Å². The zero-order valence-corrected chi connectivity index (χ0v) is 22.5. The summed E-state index contributed by atoms with van der Waals surface area (Å²) in [7, 11) is 0. The van der Waals surface area contributed by atoms with Crippen LogP contribution in [0.1, 0.15) is 39.6 Å². The van der Waals surface area contributed by atoms with E-state index >= 15 is 0 Å². The van der Waals surface area contributed by atoms with Crippen LogP contribution in [0.2, 0.25) is 0 Å². The molecule has 40 heavy (non-hydrogen) atoms. The van der Waals surface area contributed by atoms with Crippen molar-refractivity contribution in [1.29, 1.82) is 0 Å². The second-order valence-electron chi connectivity index (χ2n) is 9.36. The van der Waals surface area contributed by atoms with Gasteiger partial charge in [-0.2, -0.15) is 0 Å². The first kappa shape index (κ1) is 27.3. The molecule has 5 N–H and O–H groups in total. The number of nitrogens with two attached hydrogens (primary N) is 2. The highest BCUT2D eigenvalue weighted by atomic mass is 79.9. The molecule has 4 aromatic rings. The first-order valence-electron chi connectivity index (χ1n) is 12.3. The van der Waals surface area contributed by atoms with Crippen LogP contribution in [0.15, 0.2) is 83.6 Å². The van der Waals surface area contributed by atoms with Crippen LogP contribution in [0.3, 0.4) is 0 Å². The lowest BCUT2D eigenvalue weighted by Gasteiger charge is -2.22. The molecule has 0 saturated carbocycles. The highest BCUT2D eigenvalue weighted by Gasteiger charge is 2.25. The molecule has 0 fully saturated rings. The Balaban J connectivity index is 1.50. The number of hydrogen-bond acceptors (Lipinski definition) is 3. The molecule has 1 aromatic heterocycles. The number of nitrogens with one attached hydrogen (secondary N) is 1. The number of fused-ring (bicyclic) bond motifs is 1. The van der Waals surface area contributed by atoms with Crippen molar-refractivity contribution in [3.63, 3.8) is 0 Å². The molecule has 3 aromatic carbocycles. The summed E-state index contributed by atoms with van der Waals surface area (Å²) in [5.41, 5.74) is 9.39. The van der Waals surface area contributed by atoms with Gasteiger partial charge in [0.1, 0.15) is 29.3 Å². The Hall–Kier alpha value is -4.28. The maximum Gasteiger partial charge on any atom is 0.251 e. The summed E-state index contributed by atoms with van der Waals surface area (Å²) in [5.74, 6) is -3.53. The van der Waals surface area contributed by atoms with Crippen molar-refractivity contribution in [1.82, 2.24) is 10.3 Å². The van der Waals surface area contributed by atoms with Crippen molar-refractivity contribution in [2.75, 3.05) is 0 Å². The van der Waals surface area contributed by atoms with Gasteiger partial charge in [-0.15, -0.1) is 0 Å². The van der Waals surface area contributed by atoms with Crippen LogP contribution in [-0.4, -0.2) is 16.8 Å². The van der Waals surface area contributed by atoms with E-state index in [4.69, 9.17) is 5.73 Å². The average molecular weight is 608 g/mol. The smallest absolute Gasteiger partial charge is 0.251 e. The second-order valence-corrected chi connectivity index (χ2v) is 10.3. The summed E-state index contributed by atoms with van der Waals surface area (Å²) in [4.78, 5) is 29.6. The van der Waals surface area contributed by atoms with E-state index in [0.717, 1.165) is 33.4 Å². The van der Waals surface area contributed by atoms with Crippen LogP contribution in [0.5, 0.6) is 0 Å². The molecule has 0 bridgehead atoms. The Kier molecular flexibility index (Phi) is 7.81. The van der Waals surface area contributed by atoms with Crippen LogP contribution in [0, 0.1) is 17.5 Å². The van der Waals surface area contributed by atoms with Gasteiger partial charge in [0, 0.05) is 39.5 Å². The van der Waals surface area contributed by atoms with Crippen molar-refractivity contribution in [3.8, 4) is 11.1 Å². The van der Waals surface area contributed by atoms with Gasteiger partial charge in [0.15, 0.2) is 0 Å². The molecule has 5 rings (SSSR count). The average Bonchev–Trinajstić information content (AvgIpc) is 3.29. The predicted molar refractivity (Wildman–Crippen MR) is 147 cm³/mol. The van der Waals surface area contributed by atoms with E-state index in [0.29, 0.717) is 22.4 Å². The minimum atomic E-state index is -0.932. The number of quaternary nitrogens is 1. The maximum atomic E-state index is 14.2. The Morgan fingerprint density at radius 3 is 2.50 bits per heavy atom. The topological polar surface area (TPSA) is 102 Å². The fourth-order valence-electron chi connectivity index (χ4n) is 4.81. The van der Waals surface area contributed by atoms with Crippen molar-refractivity contribution in [2.45, 2.75) is 18.9 Å². The van der Waals surface area contributed by atoms with Crippen molar-refractivity contribution >= 4 is 39.0 Å². The van der Waals surface area contributed by atoms with Gasteiger partial charge in [-0.25, -0.2) is 13.2 Å². The first-order chi connectivity index (χ1) is 19.2. The van der Waals surface area contributed by atoms with Crippen LogP contribution in [-0.2, 0) is 11.2 Å². The molecule has 0 radical (unpaired) electrons. The lowest BCUT2D eigenvalue weighted by Crippen LogP contribution is -2.69.